The maximum absolute atomic E-state index is 16.5. The Morgan fingerprint density at radius 2 is 1.58 bits per heavy atom. The van der Waals surface area contributed by atoms with Crippen LogP contribution >= 0.6 is 11.6 Å². The highest BCUT2D eigenvalue weighted by Crippen LogP contribution is 2.51. The van der Waals surface area contributed by atoms with E-state index in [0.29, 0.717) is 27.2 Å². The molecule has 1 heterocycles. The summed E-state index contributed by atoms with van der Waals surface area (Å²) in [5.41, 5.74) is 4.98. The van der Waals surface area contributed by atoms with Crippen LogP contribution in [0.4, 0.5) is 4.39 Å². The third-order valence-corrected chi connectivity index (χ3v) is 17.0. The van der Waals surface area contributed by atoms with Crippen LogP contribution in [0.2, 0.25) is 21.6 Å². The molecule has 0 spiro atoms. The van der Waals surface area contributed by atoms with Gasteiger partial charge in [-0.3, -0.25) is 9.69 Å². The van der Waals surface area contributed by atoms with Gasteiger partial charge in [0.05, 0.1) is 29.4 Å². The van der Waals surface area contributed by atoms with Gasteiger partial charge in [0.15, 0.2) is 0 Å². The molecule has 0 aromatic heterocycles. The summed E-state index contributed by atoms with van der Waals surface area (Å²) in [6.07, 6.45) is 1.13. The van der Waals surface area contributed by atoms with Gasteiger partial charge in [-0.2, -0.15) is 0 Å². The van der Waals surface area contributed by atoms with Crippen LogP contribution in [0.15, 0.2) is 60.7 Å². The fraction of sp³-hybridized carbons (Fsp3) is 0.475. The number of fused-ring (bicyclic) bond motifs is 1. The van der Waals surface area contributed by atoms with Crippen molar-refractivity contribution in [3.63, 3.8) is 0 Å². The molecule has 2 atom stereocenters. The average molecular weight is 690 g/mol. The van der Waals surface area contributed by atoms with Gasteiger partial charge in [-0.1, -0.05) is 83.3 Å². The lowest BCUT2D eigenvalue weighted by Gasteiger charge is -2.42. The van der Waals surface area contributed by atoms with Gasteiger partial charge < -0.3 is 14.9 Å². The van der Waals surface area contributed by atoms with Gasteiger partial charge in [-0.15, -0.1) is 5.54 Å². The van der Waals surface area contributed by atoms with Gasteiger partial charge in [-0.05, 0) is 96.8 Å². The van der Waals surface area contributed by atoms with E-state index in [-0.39, 0.29) is 35.8 Å². The Bertz CT molecular complexity index is 1680. The highest BCUT2D eigenvalue weighted by molar-refractivity contribution is 6.90. The molecule has 1 fully saturated rings. The predicted molar refractivity (Wildman–Crippen MR) is 193 cm³/mol. The molecule has 5 nitrogen and oxygen atoms in total. The van der Waals surface area contributed by atoms with Crippen molar-refractivity contribution >= 4 is 25.6 Å². The van der Waals surface area contributed by atoms with E-state index in [0.717, 1.165) is 24.0 Å². The van der Waals surface area contributed by atoms with E-state index in [9.17, 15) is 15.0 Å². The number of carbonyl (C=O) groups excluding carboxylic acids is 1. The van der Waals surface area contributed by atoms with Crippen LogP contribution in [0.3, 0.4) is 0 Å². The summed E-state index contributed by atoms with van der Waals surface area (Å²) in [7, 11) is -1.92. The lowest BCUT2D eigenvalue weighted by molar-refractivity contribution is -0.165. The molecule has 1 aliphatic heterocycles. The van der Waals surface area contributed by atoms with Crippen LogP contribution in [0.25, 0.3) is 0 Å². The fourth-order valence-corrected chi connectivity index (χ4v) is 13.1. The molecule has 0 radical (unpaired) electrons. The van der Waals surface area contributed by atoms with E-state index in [1.165, 1.54) is 6.07 Å². The first kappa shape index (κ1) is 36.3. The van der Waals surface area contributed by atoms with Gasteiger partial charge in [0.1, 0.15) is 13.9 Å². The number of aliphatic hydroxyl groups excluding tert-OH is 1. The number of rotatable bonds is 11. The summed E-state index contributed by atoms with van der Waals surface area (Å²) in [6, 6.07) is 17.6. The van der Waals surface area contributed by atoms with Crippen molar-refractivity contribution in [1.29, 1.82) is 0 Å². The van der Waals surface area contributed by atoms with E-state index in [1.54, 1.807) is 49.1 Å². The summed E-state index contributed by atoms with van der Waals surface area (Å²) in [5, 5.41) is 21.8. The van der Waals surface area contributed by atoms with Crippen LogP contribution in [0.1, 0.15) is 106 Å². The van der Waals surface area contributed by atoms with Gasteiger partial charge in [0.2, 0.25) is 5.72 Å². The SMILES string of the molecule is CC(C)[Si](C#Cc1ccc(CN2C(=O)c3cc(C(C)(C)O)cc(F)c3C2(OC(CO)C2CC2)c2ccc(Cl)cc2)cc1)(C(C)C)C(C)C. The van der Waals surface area contributed by atoms with E-state index in [4.69, 9.17) is 16.3 Å². The Kier molecular flexibility index (Phi) is 10.4. The molecular formula is C40H49ClFNO4Si. The predicted octanol–water partition coefficient (Wildman–Crippen LogP) is 8.92. The number of aliphatic hydroxyl groups is 2. The molecule has 3 aromatic rings. The highest BCUT2D eigenvalue weighted by atomic mass is 35.5. The highest BCUT2D eigenvalue weighted by Gasteiger charge is 2.56. The Hall–Kier alpha value is -2.99. The van der Waals surface area contributed by atoms with Crippen LogP contribution in [0.5, 0.6) is 0 Å². The van der Waals surface area contributed by atoms with Gasteiger partial charge >= 0.3 is 0 Å². The largest absolute Gasteiger partial charge is 0.394 e. The second-order valence-corrected chi connectivity index (χ2v) is 21.0. The summed E-state index contributed by atoms with van der Waals surface area (Å²) < 4.78 is 23.4. The Morgan fingerprint density at radius 3 is 2.08 bits per heavy atom. The van der Waals surface area contributed by atoms with Crippen molar-refractivity contribution < 1.29 is 24.1 Å². The summed E-state index contributed by atoms with van der Waals surface area (Å²) in [5.74, 6) is 2.49. The number of halogens is 2. The first-order chi connectivity index (χ1) is 22.6. The summed E-state index contributed by atoms with van der Waals surface area (Å²) in [6.45, 7) is 16.7. The zero-order chi connectivity index (χ0) is 35.2. The van der Waals surface area contributed by atoms with Crippen molar-refractivity contribution in [1.82, 2.24) is 4.90 Å². The van der Waals surface area contributed by atoms with Crippen LogP contribution in [-0.4, -0.2) is 41.8 Å². The summed E-state index contributed by atoms with van der Waals surface area (Å²) >= 11 is 6.30. The minimum atomic E-state index is -1.92. The van der Waals surface area contributed by atoms with Crippen molar-refractivity contribution in [2.45, 2.75) is 109 Å². The Labute approximate surface area is 291 Å². The lowest BCUT2D eigenvalue weighted by Crippen LogP contribution is -2.49. The molecule has 1 saturated carbocycles. The zero-order valence-corrected chi connectivity index (χ0v) is 31.2. The van der Waals surface area contributed by atoms with Crippen LogP contribution in [0, 0.1) is 23.2 Å². The smallest absolute Gasteiger partial charge is 0.257 e. The second kappa shape index (κ2) is 13.7. The number of carbonyl (C=O) groups is 1. The van der Waals surface area contributed by atoms with E-state index in [1.807, 2.05) is 24.3 Å². The second-order valence-electron chi connectivity index (χ2n) is 15.0. The molecule has 8 heteroatoms. The number of hydrogen-bond acceptors (Lipinski definition) is 4. The van der Waals surface area contributed by atoms with Crippen molar-refractivity contribution in [2.75, 3.05) is 6.61 Å². The van der Waals surface area contributed by atoms with E-state index in [2.05, 4.69) is 53.0 Å². The fourth-order valence-electron chi connectivity index (χ4n) is 7.71. The Balaban J connectivity index is 1.63. The molecule has 0 saturated heterocycles. The van der Waals surface area contributed by atoms with E-state index < -0.39 is 37.2 Å². The van der Waals surface area contributed by atoms with Crippen molar-refractivity contribution in [2.24, 2.45) is 5.92 Å². The first-order valence-corrected chi connectivity index (χ1v) is 19.7. The Morgan fingerprint density at radius 1 is 1.00 bits per heavy atom. The number of nitrogens with zero attached hydrogens (tertiary/aromatic N) is 1. The monoisotopic (exact) mass is 689 g/mol. The molecule has 48 heavy (non-hydrogen) atoms. The molecule has 5 rings (SSSR count). The first-order valence-electron chi connectivity index (χ1n) is 17.1. The van der Waals surface area contributed by atoms with Gasteiger partial charge in [0.25, 0.3) is 5.91 Å². The maximum atomic E-state index is 16.5. The zero-order valence-electron chi connectivity index (χ0n) is 29.4. The van der Waals surface area contributed by atoms with Crippen molar-refractivity contribution in [3.05, 3.63) is 105 Å². The average Bonchev–Trinajstić information content (AvgIpc) is 3.83. The van der Waals surface area contributed by atoms with E-state index >= 15 is 4.39 Å². The molecule has 1 amide bonds. The normalized spacial score (nSPS) is 18.8. The minimum absolute atomic E-state index is 0.0711. The number of amides is 1. The number of ether oxygens (including phenoxy) is 1. The molecule has 2 aliphatic rings. The number of hydrogen-bond donors (Lipinski definition) is 2. The molecule has 0 bridgehead atoms. The van der Waals surface area contributed by atoms with Gasteiger partial charge in [0, 0.05) is 22.7 Å². The third-order valence-electron chi connectivity index (χ3n) is 10.5. The van der Waals surface area contributed by atoms with Gasteiger partial charge in [-0.25, -0.2) is 4.39 Å². The molecule has 3 aromatic carbocycles. The summed E-state index contributed by atoms with van der Waals surface area (Å²) in [4.78, 5) is 16.1. The maximum Gasteiger partial charge on any atom is 0.257 e. The van der Waals surface area contributed by atoms with Crippen molar-refractivity contribution in [3.8, 4) is 11.5 Å². The minimum Gasteiger partial charge on any atom is -0.394 e. The quantitative estimate of drug-likeness (QED) is 0.156. The standard InChI is InChI=1S/C40H49ClFNO4Si/c1-25(2)48(26(3)4,27(5)6)20-19-28-9-11-29(12-10-28)23-43-38(45)34-21-32(39(7,8)46)22-35(42)37(34)40(43,31-15-17-33(41)18-16-31)47-36(24-44)30-13-14-30/h9-12,15-18,21-22,25-27,30,36,44,46H,13-14,23-24H2,1-8H3. The lowest BCUT2D eigenvalue weighted by atomic mass is 9.88. The molecule has 256 valence electrons. The number of benzene rings is 3. The van der Waals surface area contributed by atoms with Crippen LogP contribution in [-0.2, 0) is 22.6 Å². The molecule has 1 aliphatic carbocycles. The molecular weight excluding hydrogens is 641 g/mol. The third kappa shape index (κ3) is 6.63. The topological polar surface area (TPSA) is 70.0 Å². The molecule has 2 N–H and O–H groups in total. The molecule has 2 unspecified atom stereocenters. The van der Waals surface area contributed by atoms with Crippen LogP contribution < -0.4 is 0 Å².